The Morgan fingerprint density at radius 2 is 2.33 bits per heavy atom. The number of benzene rings is 1. The van der Waals surface area contributed by atoms with E-state index in [9.17, 15) is 4.79 Å². The number of ether oxygens (including phenoxy) is 1. The van der Waals surface area contributed by atoms with Crippen molar-refractivity contribution >= 4 is 17.5 Å². The zero-order chi connectivity index (χ0) is 13.0. The molecule has 1 heterocycles. The average Bonchev–Trinajstić information content (AvgIpc) is 2.77. The Morgan fingerprint density at radius 3 is 3.06 bits per heavy atom. The van der Waals surface area contributed by atoms with Crippen LogP contribution in [0.15, 0.2) is 24.3 Å². The third-order valence-corrected chi connectivity index (χ3v) is 2.84. The molecule has 0 aliphatic carbocycles. The van der Waals surface area contributed by atoms with E-state index in [1.165, 1.54) is 23.7 Å². The van der Waals surface area contributed by atoms with Crippen LogP contribution in [0, 0.1) is 0 Å². The molecule has 0 fully saturated rings. The monoisotopic (exact) mass is 264 g/mol. The highest BCUT2D eigenvalue weighted by molar-refractivity contribution is 7.07. The highest BCUT2D eigenvalue weighted by Crippen LogP contribution is 2.24. The van der Waals surface area contributed by atoms with Crippen LogP contribution in [0.2, 0.25) is 0 Å². The quantitative estimate of drug-likeness (QED) is 0.898. The van der Waals surface area contributed by atoms with Gasteiger partial charge in [-0.25, -0.2) is 4.79 Å². The molecule has 5 nitrogen and oxygen atoms in total. The molecule has 0 saturated carbocycles. The van der Waals surface area contributed by atoms with Gasteiger partial charge in [-0.15, -0.1) is 0 Å². The van der Waals surface area contributed by atoms with Crippen LogP contribution in [0.3, 0.4) is 0 Å². The molecule has 0 unspecified atom stereocenters. The van der Waals surface area contributed by atoms with Crippen LogP contribution in [-0.4, -0.2) is 20.4 Å². The molecule has 94 valence electrons. The fraction of sp³-hybridized carbons (Fsp3) is 0.250. The van der Waals surface area contributed by atoms with Gasteiger partial charge in [-0.2, -0.15) is 9.36 Å². The van der Waals surface area contributed by atoms with Crippen LogP contribution >= 0.6 is 11.5 Å². The normalized spacial score (nSPS) is 10.3. The Bertz CT molecular complexity index is 554. The highest BCUT2D eigenvalue weighted by atomic mass is 32.1. The largest absolute Gasteiger partial charge is 0.478 e. The molecule has 0 aliphatic rings. The number of carboxylic acids is 1. The van der Waals surface area contributed by atoms with Gasteiger partial charge in [0.15, 0.2) is 0 Å². The van der Waals surface area contributed by atoms with E-state index in [0.29, 0.717) is 10.9 Å². The number of aryl methyl sites for hydroxylation is 1. The maximum atomic E-state index is 10.8. The number of hydrogen-bond donors (Lipinski definition) is 1. The van der Waals surface area contributed by atoms with Crippen LogP contribution in [-0.2, 0) is 6.42 Å². The van der Waals surface area contributed by atoms with Crippen molar-refractivity contribution in [3.63, 3.8) is 0 Å². The molecule has 1 aromatic heterocycles. The summed E-state index contributed by atoms with van der Waals surface area (Å²) in [5, 5.41) is 9.30. The minimum absolute atomic E-state index is 0.186. The van der Waals surface area contributed by atoms with Gasteiger partial charge in [-0.05, 0) is 24.6 Å². The molecule has 0 atom stereocenters. The van der Waals surface area contributed by atoms with E-state index in [4.69, 9.17) is 9.84 Å². The van der Waals surface area contributed by atoms with Crippen LogP contribution in [0.1, 0.15) is 29.5 Å². The number of aromatic carboxylic acids is 1. The standard InChI is InChI=1S/C12H12N2O3S/c1-2-4-10-13-12(18-14-10)17-9-6-3-5-8(7-9)11(15)16/h3,5-7H,2,4H2,1H3,(H,15,16). The van der Waals surface area contributed by atoms with Crippen molar-refractivity contribution in [3.05, 3.63) is 35.7 Å². The van der Waals surface area contributed by atoms with Gasteiger partial charge < -0.3 is 9.84 Å². The number of rotatable bonds is 5. The van der Waals surface area contributed by atoms with Crippen molar-refractivity contribution < 1.29 is 14.6 Å². The molecule has 2 rings (SSSR count). The second-order valence-corrected chi connectivity index (χ2v) is 4.38. The summed E-state index contributed by atoms with van der Waals surface area (Å²) in [6.07, 6.45) is 1.79. The minimum atomic E-state index is -0.982. The van der Waals surface area contributed by atoms with Crippen LogP contribution in [0.4, 0.5) is 0 Å². The smallest absolute Gasteiger partial charge is 0.335 e. The van der Waals surface area contributed by atoms with Crippen molar-refractivity contribution in [1.29, 1.82) is 0 Å². The third-order valence-electron chi connectivity index (χ3n) is 2.21. The molecule has 1 aromatic carbocycles. The first-order valence-electron chi connectivity index (χ1n) is 5.53. The van der Waals surface area contributed by atoms with Crippen LogP contribution < -0.4 is 4.74 Å². The molecule has 6 heteroatoms. The molecule has 1 N–H and O–H groups in total. The topological polar surface area (TPSA) is 72.3 Å². The van der Waals surface area contributed by atoms with E-state index < -0.39 is 5.97 Å². The second-order valence-electron chi connectivity index (χ2n) is 3.66. The van der Waals surface area contributed by atoms with Crippen LogP contribution in [0.25, 0.3) is 0 Å². The van der Waals surface area contributed by atoms with Gasteiger partial charge in [0.2, 0.25) is 0 Å². The lowest BCUT2D eigenvalue weighted by molar-refractivity contribution is 0.0696. The Labute approximate surface area is 108 Å². The first-order valence-corrected chi connectivity index (χ1v) is 6.30. The summed E-state index contributed by atoms with van der Waals surface area (Å²) in [5.74, 6) is 0.227. The van der Waals surface area contributed by atoms with Gasteiger partial charge in [-0.1, -0.05) is 13.0 Å². The molecular formula is C12H12N2O3S. The SMILES string of the molecule is CCCc1nsc(Oc2cccc(C(=O)O)c2)n1. The van der Waals surface area contributed by atoms with E-state index in [0.717, 1.165) is 18.7 Å². The Kier molecular flexibility index (Phi) is 3.88. The second kappa shape index (κ2) is 5.59. The van der Waals surface area contributed by atoms with Gasteiger partial charge in [0, 0.05) is 18.0 Å². The highest BCUT2D eigenvalue weighted by Gasteiger charge is 2.08. The van der Waals surface area contributed by atoms with E-state index >= 15 is 0 Å². The van der Waals surface area contributed by atoms with E-state index in [1.54, 1.807) is 12.1 Å². The molecule has 0 radical (unpaired) electrons. The summed E-state index contributed by atoms with van der Waals surface area (Å²) < 4.78 is 9.63. The first-order chi connectivity index (χ1) is 8.69. The summed E-state index contributed by atoms with van der Waals surface area (Å²) in [6.45, 7) is 2.05. The number of hydrogen-bond acceptors (Lipinski definition) is 5. The summed E-state index contributed by atoms with van der Waals surface area (Å²) in [5.41, 5.74) is 0.186. The Morgan fingerprint density at radius 1 is 1.50 bits per heavy atom. The van der Waals surface area contributed by atoms with Crippen molar-refractivity contribution in [2.24, 2.45) is 0 Å². The third kappa shape index (κ3) is 3.04. The number of carbonyl (C=O) groups is 1. The van der Waals surface area contributed by atoms with Crippen molar-refractivity contribution in [2.75, 3.05) is 0 Å². The van der Waals surface area contributed by atoms with E-state index in [2.05, 4.69) is 16.3 Å². The summed E-state index contributed by atoms with van der Waals surface area (Å²) in [6, 6.07) is 6.29. The summed E-state index contributed by atoms with van der Waals surface area (Å²) >= 11 is 1.17. The first kappa shape index (κ1) is 12.5. The van der Waals surface area contributed by atoms with Crippen molar-refractivity contribution in [2.45, 2.75) is 19.8 Å². The molecule has 0 aliphatic heterocycles. The summed E-state index contributed by atoms with van der Waals surface area (Å²) in [4.78, 5) is 15.0. The molecule has 0 amide bonds. The van der Waals surface area contributed by atoms with E-state index in [-0.39, 0.29) is 5.56 Å². The fourth-order valence-electron chi connectivity index (χ4n) is 1.40. The number of aromatic nitrogens is 2. The number of carboxylic acid groups (broad SMARTS) is 1. The zero-order valence-corrected chi connectivity index (χ0v) is 10.6. The van der Waals surface area contributed by atoms with E-state index in [1.807, 2.05) is 0 Å². The summed E-state index contributed by atoms with van der Waals surface area (Å²) in [7, 11) is 0. The lowest BCUT2D eigenvalue weighted by atomic mass is 10.2. The van der Waals surface area contributed by atoms with Crippen molar-refractivity contribution in [3.8, 4) is 10.9 Å². The fourth-order valence-corrected chi connectivity index (χ4v) is 1.99. The van der Waals surface area contributed by atoms with Crippen molar-refractivity contribution in [1.82, 2.24) is 9.36 Å². The Balaban J connectivity index is 2.12. The molecule has 0 bridgehead atoms. The molecule has 0 spiro atoms. The van der Waals surface area contributed by atoms with Gasteiger partial charge in [0.1, 0.15) is 11.6 Å². The average molecular weight is 264 g/mol. The van der Waals surface area contributed by atoms with Gasteiger partial charge in [0.05, 0.1) is 5.56 Å². The predicted molar refractivity (Wildman–Crippen MR) is 67.4 cm³/mol. The van der Waals surface area contributed by atoms with Crippen LogP contribution in [0.5, 0.6) is 10.9 Å². The minimum Gasteiger partial charge on any atom is -0.478 e. The predicted octanol–water partition coefficient (Wildman–Crippen LogP) is 2.98. The zero-order valence-electron chi connectivity index (χ0n) is 9.79. The van der Waals surface area contributed by atoms with Gasteiger partial charge in [-0.3, -0.25) is 0 Å². The Hall–Kier alpha value is -1.95. The maximum Gasteiger partial charge on any atom is 0.335 e. The molecule has 18 heavy (non-hydrogen) atoms. The lowest BCUT2D eigenvalue weighted by Crippen LogP contribution is -1.96. The lowest BCUT2D eigenvalue weighted by Gasteiger charge is -2.01. The van der Waals surface area contributed by atoms with Gasteiger partial charge in [0.25, 0.3) is 5.19 Å². The van der Waals surface area contributed by atoms with Gasteiger partial charge >= 0.3 is 5.97 Å². The maximum absolute atomic E-state index is 10.8. The molecule has 0 saturated heterocycles. The number of nitrogens with zero attached hydrogens (tertiary/aromatic N) is 2. The molecular weight excluding hydrogens is 252 g/mol. The molecule has 2 aromatic rings.